The van der Waals surface area contributed by atoms with E-state index in [9.17, 15) is 9.59 Å². The number of nitrogens with one attached hydrogen (secondary N) is 2. The molecule has 1 aromatic heterocycles. The average Bonchev–Trinajstić information content (AvgIpc) is 2.63. The summed E-state index contributed by atoms with van der Waals surface area (Å²) in [5.41, 5.74) is 6.65. The molecule has 0 radical (unpaired) electrons. The molecule has 0 saturated heterocycles. The third-order valence-electron chi connectivity index (χ3n) is 1.34. The van der Waals surface area contributed by atoms with Gasteiger partial charge in [0, 0.05) is 0 Å². The highest BCUT2D eigenvalue weighted by atomic mass is 16.2. The number of aromatic amines is 1. The second-order valence-electron chi connectivity index (χ2n) is 2.12. The first-order chi connectivity index (χ1) is 6.20. The summed E-state index contributed by atoms with van der Waals surface area (Å²) in [6.45, 7) is -0.239. The molecule has 1 aromatic rings. The lowest BCUT2D eigenvalue weighted by Gasteiger charge is -1.95. The Balaban J connectivity index is 3.02. The van der Waals surface area contributed by atoms with Crippen molar-refractivity contribution in [2.45, 2.75) is 0 Å². The zero-order valence-electron chi connectivity index (χ0n) is 6.57. The molecule has 8 nitrogen and oxygen atoms in total. The van der Waals surface area contributed by atoms with Gasteiger partial charge in [0.05, 0.1) is 6.54 Å². The third-order valence-corrected chi connectivity index (χ3v) is 1.34. The van der Waals surface area contributed by atoms with Gasteiger partial charge in [-0.15, -0.1) is 0 Å². The maximum Gasteiger partial charge on any atom is 0.288 e. The predicted octanol–water partition coefficient (Wildman–Crippen LogP) is -2.45. The molecule has 0 aliphatic rings. The van der Waals surface area contributed by atoms with Crippen molar-refractivity contribution in [2.75, 3.05) is 6.54 Å². The Morgan fingerprint density at radius 3 is 2.54 bits per heavy atom. The van der Waals surface area contributed by atoms with Crippen LogP contribution in [-0.4, -0.2) is 33.6 Å². The molecule has 1 amide bonds. The van der Waals surface area contributed by atoms with Crippen LogP contribution < -0.4 is 17.0 Å². The molecule has 0 saturated carbocycles. The van der Waals surface area contributed by atoms with Gasteiger partial charge in [0.15, 0.2) is 17.2 Å². The Kier molecular flexibility index (Phi) is 2.67. The fourth-order valence-electron chi connectivity index (χ4n) is 0.749. The molecule has 0 bridgehead atoms. The average molecular weight is 184 g/mol. The number of hydrogen-bond acceptors (Lipinski definition) is 6. The summed E-state index contributed by atoms with van der Waals surface area (Å²) in [6, 6.07) is 0. The summed E-state index contributed by atoms with van der Waals surface area (Å²) in [7, 11) is 0. The summed E-state index contributed by atoms with van der Waals surface area (Å²) in [6.07, 6.45) is 0. The normalized spacial score (nSPS) is 9.69. The molecule has 70 valence electrons. The molecular weight excluding hydrogens is 176 g/mol. The lowest BCUT2D eigenvalue weighted by atomic mass is 10.2. The number of hydrazine groups is 1. The minimum absolute atomic E-state index is 0.106. The molecule has 0 aromatic carbocycles. The first-order valence-corrected chi connectivity index (χ1v) is 3.35. The summed E-state index contributed by atoms with van der Waals surface area (Å²) in [5, 5.41) is 9.06. The van der Waals surface area contributed by atoms with Gasteiger partial charge in [0.25, 0.3) is 5.91 Å². The number of carbonyl (C=O) groups is 2. The van der Waals surface area contributed by atoms with Crippen molar-refractivity contribution < 1.29 is 9.59 Å². The van der Waals surface area contributed by atoms with E-state index in [1.54, 1.807) is 0 Å². The fourth-order valence-corrected chi connectivity index (χ4v) is 0.749. The third kappa shape index (κ3) is 1.68. The lowest BCUT2D eigenvalue weighted by Crippen LogP contribution is -2.32. The van der Waals surface area contributed by atoms with Crippen molar-refractivity contribution in [3.8, 4) is 0 Å². The van der Waals surface area contributed by atoms with Crippen LogP contribution in [0, 0.1) is 0 Å². The molecule has 0 spiro atoms. The lowest BCUT2D eigenvalue weighted by molar-refractivity contribution is 0.0931. The summed E-state index contributed by atoms with van der Waals surface area (Å²) in [4.78, 5) is 22.0. The molecule has 1 heterocycles. The van der Waals surface area contributed by atoms with Gasteiger partial charge in [-0.05, 0) is 0 Å². The maximum atomic E-state index is 11.0. The van der Waals surface area contributed by atoms with E-state index in [0.717, 1.165) is 0 Å². The number of amides is 1. The number of aromatic nitrogens is 3. The number of nitrogen functional groups attached to an aromatic ring is 1. The van der Waals surface area contributed by atoms with Crippen LogP contribution in [0.15, 0.2) is 0 Å². The molecule has 0 aliphatic heterocycles. The van der Waals surface area contributed by atoms with Crippen LogP contribution in [-0.2, 0) is 0 Å². The van der Waals surface area contributed by atoms with Crippen LogP contribution in [0.3, 0.4) is 0 Å². The van der Waals surface area contributed by atoms with Crippen molar-refractivity contribution >= 4 is 11.7 Å². The van der Waals surface area contributed by atoms with E-state index in [2.05, 4.69) is 15.4 Å². The molecule has 0 aliphatic carbocycles. The SMILES string of the molecule is NCC(=O)c1n[nH]nc1C(=O)NN. The number of carbonyl (C=O) groups excluding carboxylic acids is 2. The smallest absolute Gasteiger partial charge is 0.288 e. The van der Waals surface area contributed by atoms with Gasteiger partial charge in [0.2, 0.25) is 0 Å². The molecule has 13 heavy (non-hydrogen) atoms. The van der Waals surface area contributed by atoms with Gasteiger partial charge in [-0.1, -0.05) is 0 Å². The van der Waals surface area contributed by atoms with Crippen LogP contribution in [0.4, 0.5) is 0 Å². The Morgan fingerprint density at radius 2 is 2.00 bits per heavy atom. The number of hydrogen-bond donors (Lipinski definition) is 4. The Hall–Kier alpha value is -1.80. The molecule has 0 atom stereocenters. The summed E-state index contributed by atoms with van der Waals surface area (Å²) < 4.78 is 0. The van der Waals surface area contributed by atoms with Gasteiger partial charge in [-0.3, -0.25) is 15.0 Å². The van der Waals surface area contributed by atoms with Crippen LogP contribution in [0.5, 0.6) is 0 Å². The van der Waals surface area contributed by atoms with E-state index in [1.165, 1.54) is 0 Å². The van der Waals surface area contributed by atoms with E-state index < -0.39 is 11.7 Å². The number of nitrogens with two attached hydrogens (primary N) is 2. The first kappa shape index (κ1) is 9.29. The van der Waals surface area contributed by atoms with Gasteiger partial charge in [0.1, 0.15) is 0 Å². The van der Waals surface area contributed by atoms with E-state index in [4.69, 9.17) is 11.6 Å². The van der Waals surface area contributed by atoms with E-state index in [-0.39, 0.29) is 17.9 Å². The molecule has 0 fully saturated rings. The number of Topliss-reactive ketones (excluding diaryl/α,β-unsaturated/α-hetero) is 1. The van der Waals surface area contributed by atoms with Crippen LogP contribution in [0.1, 0.15) is 21.0 Å². The first-order valence-electron chi connectivity index (χ1n) is 3.35. The topological polar surface area (TPSA) is 140 Å². The van der Waals surface area contributed by atoms with Gasteiger partial charge >= 0.3 is 0 Å². The number of nitrogens with zero attached hydrogens (tertiary/aromatic N) is 2. The van der Waals surface area contributed by atoms with Crippen molar-refractivity contribution in [3.63, 3.8) is 0 Å². The fraction of sp³-hybridized carbons (Fsp3) is 0.200. The maximum absolute atomic E-state index is 11.0. The molecule has 8 heteroatoms. The van der Waals surface area contributed by atoms with Crippen molar-refractivity contribution in [3.05, 3.63) is 11.4 Å². The largest absolute Gasteiger partial charge is 0.324 e. The standard InChI is InChI=1S/C5H8N6O2/c6-1-2(12)3-4(5(13)8-7)10-11-9-3/h1,6-7H2,(H,8,13)(H,9,10,11). The van der Waals surface area contributed by atoms with Gasteiger partial charge in [-0.25, -0.2) is 5.84 Å². The Labute approximate surface area is 72.6 Å². The number of rotatable bonds is 3. The monoisotopic (exact) mass is 184 g/mol. The van der Waals surface area contributed by atoms with Gasteiger partial charge in [-0.2, -0.15) is 15.4 Å². The quantitative estimate of drug-likeness (QED) is 0.178. The minimum atomic E-state index is -0.689. The summed E-state index contributed by atoms with van der Waals surface area (Å²) >= 11 is 0. The zero-order valence-corrected chi connectivity index (χ0v) is 6.57. The predicted molar refractivity (Wildman–Crippen MR) is 41.4 cm³/mol. The van der Waals surface area contributed by atoms with Crippen LogP contribution in [0.2, 0.25) is 0 Å². The number of H-pyrrole nitrogens is 1. The Morgan fingerprint density at radius 1 is 1.38 bits per heavy atom. The highest BCUT2D eigenvalue weighted by molar-refractivity contribution is 6.05. The molecule has 1 rings (SSSR count). The Bertz CT molecular complexity index is 301. The van der Waals surface area contributed by atoms with Crippen LogP contribution >= 0.6 is 0 Å². The second-order valence-corrected chi connectivity index (χ2v) is 2.12. The molecule has 6 N–H and O–H groups in total. The number of ketones is 1. The van der Waals surface area contributed by atoms with Crippen molar-refractivity contribution in [1.29, 1.82) is 0 Å². The van der Waals surface area contributed by atoms with E-state index >= 15 is 0 Å². The van der Waals surface area contributed by atoms with E-state index in [1.807, 2.05) is 5.43 Å². The highest BCUT2D eigenvalue weighted by Gasteiger charge is 2.19. The summed E-state index contributed by atoms with van der Waals surface area (Å²) in [5.74, 6) is 3.68. The van der Waals surface area contributed by atoms with Crippen molar-refractivity contribution in [2.24, 2.45) is 11.6 Å². The zero-order chi connectivity index (χ0) is 9.84. The highest BCUT2D eigenvalue weighted by Crippen LogP contribution is 2.00. The molecular formula is C5H8N6O2. The van der Waals surface area contributed by atoms with E-state index in [0.29, 0.717) is 0 Å². The van der Waals surface area contributed by atoms with Gasteiger partial charge < -0.3 is 5.73 Å². The molecule has 0 unspecified atom stereocenters. The second kappa shape index (κ2) is 3.74. The minimum Gasteiger partial charge on any atom is -0.324 e. The van der Waals surface area contributed by atoms with Crippen LogP contribution in [0.25, 0.3) is 0 Å². The van der Waals surface area contributed by atoms with Crippen molar-refractivity contribution in [1.82, 2.24) is 20.8 Å².